The first-order valence-corrected chi connectivity index (χ1v) is 7.28. The second kappa shape index (κ2) is 7.33. The quantitative estimate of drug-likeness (QED) is 0.502. The fourth-order valence-electron chi connectivity index (χ4n) is 2.32. The fraction of sp³-hybridized carbons (Fsp3) is 0.150. The summed E-state index contributed by atoms with van der Waals surface area (Å²) < 4.78 is 5.21. The molecule has 0 heterocycles. The predicted molar refractivity (Wildman–Crippen MR) is 93.2 cm³/mol. The summed E-state index contributed by atoms with van der Waals surface area (Å²) in [4.78, 5) is 0. The van der Waals surface area contributed by atoms with Gasteiger partial charge in [0.15, 0.2) is 11.5 Å². The monoisotopic (exact) mass is 305 g/mol. The van der Waals surface area contributed by atoms with E-state index in [1.54, 1.807) is 18.2 Å². The molecule has 0 spiro atoms. The molecule has 23 heavy (non-hydrogen) atoms. The summed E-state index contributed by atoms with van der Waals surface area (Å²) in [5.41, 5.74) is 4.07. The molecule has 116 valence electrons. The average Bonchev–Trinajstić information content (AvgIpc) is 2.56. The molecule has 1 N–H and O–H groups in total. The number of aryl methyl sites for hydroxylation is 1. The van der Waals surface area contributed by atoms with Crippen LogP contribution < -0.4 is 4.74 Å². The van der Waals surface area contributed by atoms with Crippen molar-refractivity contribution < 1.29 is 9.84 Å². The van der Waals surface area contributed by atoms with Crippen molar-refractivity contribution in [2.24, 2.45) is 0 Å². The van der Waals surface area contributed by atoms with Gasteiger partial charge in [-0.2, -0.15) is 5.26 Å². The van der Waals surface area contributed by atoms with Crippen LogP contribution in [0.1, 0.15) is 22.3 Å². The highest BCUT2D eigenvalue weighted by Crippen LogP contribution is 2.33. The number of benzene rings is 2. The maximum Gasteiger partial charge on any atom is 0.161 e. The lowest BCUT2D eigenvalue weighted by molar-refractivity contribution is 0.371. The topological polar surface area (TPSA) is 53.2 Å². The minimum Gasteiger partial charge on any atom is -0.504 e. The van der Waals surface area contributed by atoms with E-state index in [2.05, 4.69) is 12.6 Å². The van der Waals surface area contributed by atoms with Crippen molar-refractivity contribution in [3.8, 4) is 17.6 Å². The largest absolute Gasteiger partial charge is 0.504 e. The lowest BCUT2D eigenvalue weighted by Gasteiger charge is -2.10. The molecule has 0 aliphatic carbocycles. The minimum absolute atomic E-state index is 0.110. The normalized spacial score (nSPS) is 10.9. The first-order chi connectivity index (χ1) is 11.1. The highest BCUT2D eigenvalue weighted by Gasteiger charge is 2.10. The zero-order valence-corrected chi connectivity index (χ0v) is 13.3. The van der Waals surface area contributed by atoms with Crippen LogP contribution in [0.25, 0.3) is 11.6 Å². The van der Waals surface area contributed by atoms with E-state index in [1.165, 1.54) is 7.11 Å². The number of aromatic hydroxyl groups is 1. The van der Waals surface area contributed by atoms with E-state index < -0.39 is 0 Å². The van der Waals surface area contributed by atoms with Gasteiger partial charge in [0.2, 0.25) is 0 Å². The van der Waals surface area contributed by atoms with E-state index in [4.69, 9.17) is 4.74 Å². The number of nitrogens with zero attached hydrogens (tertiary/aromatic N) is 1. The lowest BCUT2D eigenvalue weighted by atomic mass is 10.00. The van der Waals surface area contributed by atoms with E-state index in [1.807, 2.05) is 37.3 Å². The van der Waals surface area contributed by atoms with Gasteiger partial charge in [0.1, 0.15) is 0 Å². The molecule has 0 atom stereocenters. The number of ether oxygens (including phenoxy) is 1. The molecular formula is C20H19NO2. The molecule has 0 saturated carbocycles. The summed E-state index contributed by atoms with van der Waals surface area (Å²) in [6.07, 6.45) is 4.03. The standard InChI is InChI=1S/C20H19NO2/c1-4-5-17-10-15(12-19(23-3)20(17)22)11-18(13-21)16-8-6-14(2)7-9-16/h4,6-12,22H,1,5H2,2-3H3/b18-11+. The predicted octanol–water partition coefficient (Wildman–Crippen LogP) is 4.50. The van der Waals surface area contributed by atoms with Crippen molar-refractivity contribution in [3.05, 3.63) is 71.3 Å². The first-order valence-electron chi connectivity index (χ1n) is 7.28. The van der Waals surface area contributed by atoms with Gasteiger partial charge in [0.25, 0.3) is 0 Å². The van der Waals surface area contributed by atoms with E-state index in [0.29, 0.717) is 23.3 Å². The molecule has 0 bridgehead atoms. The number of rotatable bonds is 5. The van der Waals surface area contributed by atoms with Crippen LogP contribution in [0.4, 0.5) is 0 Å². The molecule has 0 saturated heterocycles. The number of nitriles is 1. The SMILES string of the molecule is C=CCc1cc(/C=C(\C#N)c2ccc(C)cc2)cc(OC)c1O. The fourth-order valence-corrected chi connectivity index (χ4v) is 2.32. The van der Waals surface area contributed by atoms with Gasteiger partial charge in [0, 0.05) is 5.56 Å². The molecule has 3 heteroatoms. The molecule has 2 aromatic rings. The second-order valence-electron chi connectivity index (χ2n) is 5.26. The number of phenols is 1. The van der Waals surface area contributed by atoms with E-state index in [0.717, 1.165) is 16.7 Å². The number of allylic oxidation sites excluding steroid dienone is 2. The number of hydrogen-bond acceptors (Lipinski definition) is 3. The van der Waals surface area contributed by atoms with Gasteiger partial charge in [-0.25, -0.2) is 0 Å². The smallest absolute Gasteiger partial charge is 0.161 e. The van der Waals surface area contributed by atoms with Crippen molar-refractivity contribution in [3.63, 3.8) is 0 Å². The minimum atomic E-state index is 0.110. The third kappa shape index (κ3) is 3.81. The Morgan fingerprint density at radius 1 is 1.30 bits per heavy atom. The van der Waals surface area contributed by atoms with Crippen LogP contribution in [0.2, 0.25) is 0 Å². The zero-order valence-electron chi connectivity index (χ0n) is 13.3. The average molecular weight is 305 g/mol. The Balaban J connectivity index is 2.51. The molecule has 0 unspecified atom stereocenters. The van der Waals surface area contributed by atoms with Crippen LogP contribution in [0.3, 0.4) is 0 Å². The van der Waals surface area contributed by atoms with Crippen LogP contribution in [-0.2, 0) is 6.42 Å². The molecule has 0 aromatic heterocycles. The van der Waals surface area contributed by atoms with Crippen molar-refractivity contribution in [2.45, 2.75) is 13.3 Å². The Morgan fingerprint density at radius 3 is 2.57 bits per heavy atom. The summed E-state index contributed by atoms with van der Waals surface area (Å²) in [5.74, 6) is 0.496. The van der Waals surface area contributed by atoms with Gasteiger partial charge in [-0.1, -0.05) is 35.9 Å². The summed E-state index contributed by atoms with van der Waals surface area (Å²) in [7, 11) is 1.51. The molecule has 0 radical (unpaired) electrons. The van der Waals surface area contributed by atoms with E-state index >= 15 is 0 Å². The molecular weight excluding hydrogens is 286 g/mol. The van der Waals surface area contributed by atoms with E-state index in [9.17, 15) is 10.4 Å². The van der Waals surface area contributed by atoms with E-state index in [-0.39, 0.29) is 5.75 Å². The van der Waals surface area contributed by atoms with Crippen molar-refractivity contribution in [1.82, 2.24) is 0 Å². The third-order valence-electron chi connectivity index (χ3n) is 3.55. The van der Waals surface area contributed by atoms with Crippen molar-refractivity contribution >= 4 is 11.6 Å². The van der Waals surface area contributed by atoms with Gasteiger partial charge < -0.3 is 9.84 Å². The molecule has 0 aliphatic heterocycles. The maximum absolute atomic E-state index is 10.1. The summed E-state index contributed by atoms with van der Waals surface area (Å²) in [6, 6.07) is 13.6. The molecule has 0 aliphatic rings. The number of phenolic OH excluding ortho intramolecular Hbond substituents is 1. The zero-order chi connectivity index (χ0) is 16.8. The second-order valence-corrected chi connectivity index (χ2v) is 5.26. The molecule has 3 nitrogen and oxygen atoms in total. The highest BCUT2D eigenvalue weighted by atomic mass is 16.5. The number of hydrogen-bond donors (Lipinski definition) is 1. The molecule has 2 rings (SSSR count). The number of methoxy groups -OCH3 is 1. The van der Waals surface area contributed by atoms with Gasteiger partial charge >= 0.3 is 0 Å². The molecule has 0 fully saturated rings. The summed E-state index contributed by atoms with van der Waals surface area (Å²) in [6.45, 7) is 5.70. The Bertz CT molecular complexity index is 781. The Hall–Kier alpha value is -2.99. The Kier molecular flexibility index (Phi) is 5.22. The first kappa shape index (κ1) is 16.4. The van der Waals surface area contributed by atoms with Crippen LogP contribution in [-0.4, -0.2) is 12.2 Å². The van der Waals surface area contributed by atoms with Gasteiger partial charge in [-0.3, -0.25) is 0 Å². The van der Waals surface area contributed by atoms with Crippen LogP contribution in [0.5, 0.6) is 11.5 Å². The molecule has 2 aromatic carbocycles. The summed E-state index contributed by atoms with van der Waals surface area (Å²) in [5, 5.41) is 19.6. The van der Waals surface area contributed by atoms with Gasteiger partial charge in [0.05, 0.1) is 18.8 Å². The van der Waals surface area contributed by atoms with Crippen LogP contribution in [0.15, 0.2) is 49.1 Å². The van der Waals surface area contributed by atoms with Crippen molar-refractivity contribution in [2.75, 3.05) is 7.11 Å². The Labute approximate surface area is 136 Å². The van der Waals surface area contributed by atoms with Gasteiger partial charge in [-0.05, 0) is 42.7 Å². The van der Waals surface area contributed by atoms with Crippen LogP contribution >= 0.6 is 0 Å². The maximum atomic E-state index is 10.1. The highest BCUT2D eigenvalue weighted by molar-refractivity contribution is 5.90. The van der Waals surface area contributed by atoms with Crippen molar-refractivity contribution in [1.29, 1.82) is 5.26 Å². The lowest BCUT2D eigenvalue weighted by Crippen LogP contribution is -1.91. The Morgan fingerprint density at radius 2 is 2.00 bits per heavy atom. The van der Waals surface area contributed by atoms with Gasteiger partial charge in [-0.15, -0.1) is 6.58 Å². The third-order valence-corrected chi connectivity index (χ3v) is 3.55. The summed E-state index contributed by atoms with van der Waals surface area (Å²) >= 11 is 0. The van der Waals surface area contributed by atoms with Crippen LogP contribution in [0, 0.1) is 18.3 Å². The molecule has 0 amide bonds.